The summed E-state index contributed by atoms with van der Waals surface area (Å²) in [6, 6.07) is 2.08. The Bertz CT molecular complexity index is 726. The summed E-state index contributed by atoms with van der Waals surface area (Å²) < 4.78 is 24.7. The van der Waals surface area contributed by atoms with Crippen LogP contribution in [0, 0.1) is 0 Å². The number of Topliss-reactive ketones (excluding diaryl/α,β-unsaturated/α-hetero) is 1. The quantitative estimate of drug-likeness (QED) is 0.552. The van der Waals surface area contributed by atoms with Crippen LogP contribution in [0.15, 0.2) is 11.0 Å². The molecule has 1 aliphatic rings. The van der Waals surface area contributed by atoms with E-state index in [0.717, 1.165) is 54.4 Å². The molecule has 0 amide bonds. The van der Waals surface area contributed by atoms with Gasteiger partial charge in [-0.25, -0.2) is 0 Å². The second-order valence-electron chi connectivity index (χ2n) is 9.07. The van der Waals surface area contributed by atoms with Gasteiger partial charge in [0.2, 0.25) is 0 Å². The minimum Gasteiger partial charge on any atom is -0.768 e. The maximum atomic E-state index is 13.0. The van der Waals surface area contributed by atoms with E-state index in [1.165, 1.54) is 0 Å². The molecule has 0 heterocycles. The largest absolute Gasteiger partial charge is 0.768 e. The first-order valence-corrected chi connectivity index (χ1v) is 11.4. The molecule has 1 unspecified atom stereocenters. The highest BCUT2D eigenvalue weighted by Crippen LogP contribution is 2.49. The zero-order valence-corrected chi connectivity index (χ0v) is 18.8. The van der Waals surface area contributed by atoms with E-state index in [1.54, 1.807) is 6.92 Å². The Morgan fingerprint density at radius 2 is 1.48 bits per heavy atom. The summed E-state index contributed by atoms with van der Waals surface area (Å²) in [6.45, 7) is 14.2. The Morgan fingerprint density at radius 3 is 1.85 bits per heavy atom. The van der Waals surface area contributed by atoms with Crippen LogP contribution in [0.5, 0.6) is 0 Å². The predicted octanol–water partition coefficient (Wildman–Crippen LogP) is 6.09. The summed E-state index contributed by atoms with van der Waals surface area (Å²) in [4.78, 5) is 13.5. The molecule has 0 spiro atoms. The topological polar surface area (TPSA) is 57.2 Å². The molecule has 0 bridgehead atoms. The molecule has 1 atom stereocenters. The highest BCUT2D eigenvalue weighted by atomic mass is 32.2. The highest BCUT2D eigenvalue weighted by molar-refractivity contribution is 7.79. The van der Waals surface area contributed by atoms with Gasteiger partial charge in [0.25, 0.3) is 0 Å². The van der Waals surface area contributed by atoms with Gasteiger partial charge in [-0.2, -0.15) is 0 Å². The molecule has 1 fully saturated rings. The summed E-state index contributed by atoms with van der Waals surface area (Å²) in [6.07, 6.45) is 4.85. The van der Waals surface area contributed by atoms with Gasteiger partial charge in [-0.3, -0.25) is 9.00 Å². The van der Waals surface area contributed by atoms with Gasteiger partial charge in [-0.1, -0.05) is 66.9 Å². The van der Waals surface area contributed by atoms with E-state index in [9.17, 15) is 13.6 Å². The van der Waals surface area contributed by atoms with Gasteiger partial charge >= 0.3 is 0 Å². The van der Waals surface area contributed by atoms with Crippen LogP contribution in [0.3, 0.4) is 0 Å². The third-order valence-corrected chi connectivity index (χ3v) is 7.01. The zero-order valence-electron chi connectivity index (χ0n) is 18.0. The number of carbonyl (C=O) groups excluding carboxylic acids is 1. The van der Waals surface area contributed by atoms with Gasteiger partial charge in [0.05, 0.1) is 5.41 Å². The fourth-order valence-corrected chi connectivity index (χ4v) is 5.82. The number of benzene rings is 1. The molecule has 1 aromatic rings. The first-order chi connectivity index (χ1) is 12.5. The molecule has 4 heteroatoms. The van der Waals surface area contributed by atoms with Crippen LogP contribution in [0.4, 0.5) is 0 Å². The molecule has 1 saturated carbocycles. The van der Waals surface area contributed by atoms with E-state index in [2.05, 4.69) is 33.8 Å². The fourth-order valence-electron chi connectivity index (χ4n) is 4.82. The smallest absolute Gasteiger partial charge is 0.140 e. The lowest BCUT2D eigenvalue weighted by Crippen LogP contribution is -2.39. The molecule has 3 nitrogen and oxygen atoms in total. The van der Waals surface area contributed by atoms with Crippen molar-refractivity contribution >= 4 is 16.9 Å². The van der Waals surface area contributed by atoms with Crippen molar-refractivity contribution in [1.82, 2.24) is 0 Å². The van der Waals surface area contributed by atoms with Crippen molar-refractivity contribution in [3.8, 4) is 0 Å². The maximum absolute atomic E-state index is 13.0. The van der Waals surface area contributed by atoms with Crippen LogP contribution >= 0.6 is 0 Å². The summed E-state index contributed by atoms with van der Waals surface area (Å²) in [5.41, 5.74) is 3.42. The van der Waals surface area contributed by atoms with Crippen LogP contribution in [-0.2, 0) is 21.3 Å². The molecule has 27 heavy (non-hydrogen) atoms. The fraction of sp³-hybridized carbons (Fsp3) is 0.696. The molecule has 1 aliphatic carbocycles. The van der Waals surface area contributed by atoms with E-state index in [-0.39, 0.29) is 23.5 Å². The van der Waals surface area contributed by atoms with E-state index >= 15 is 0 Å². The van der Waals surface area contributed by atoms with Gasteiger partial charge < -0.3 is 4.55 Å². The summed E-state index contributed by atoms with van der Waals surface area (Å²) in [5, 5.41) is 0. The Labute approximate surface area is 167 Å². The third-order valence-electron chi connectivity index (χ3n) is 6.22. The number of ketones is 1. The predicted molar refractivity (Wildman–Crippen MR) is 111 cm³/mol. The van der Waals surface area contributed by atoms with Gasteiger partial charge in [-0.15, -0.1) is 0 Å². The number of rotatable bonds is 6. The minimum atomic E-state index is -2.32. The molecule has 0 saturated heterocycles. The molecule has 0 aliphatic heterocycles. The molecule has 2 rings (SSSR count). The summed E-state index contributed by atoms with van der Waals surface area (Å²) in [5.74, 6) is 0.581. The second-order valence-corrected chi connectivity index (χ2v) is 9.95. The molecule has 0 aromatic heterocycles. The SMILES string of the molecule is CC(=O)C1(c2c(C(C)C)cc(C(C)C)c(S(=O)[O-])c2C(C)C)CCCCC1. The van der Waals surface area contributed by atoms with Crippen LogP contribution in [0.25, 0.3) is 0 Å². The average molecular weight is 392 g/mol. The van der Waals surface area contributed by atoms with Gasteiger partial charge in [-0.05, 0) is 70.9 Å². The highest BCUT2D eigenvalue weighted by Gasteiger charge is 2.43. The van der Waals surface area contributed by atoms with E-state index in [4.69, 9.17) is 0 Å². The second kappa shape index (κ2) is 8.57. The van der Waals surface area contributed by atoms with Crippen LogP contribution in [0.2, 0.25) is 0 Å². The third kappa shape index (κ3) is 4.07. The Balaban J connectivity index is 3.03. The number of carbonyl (C=O) groups is 1. The molecule has 152 valence electrons. The number of hydrogen-bond acceptors (Lipinski definition) is 3. The standard InChI is InChI=1S/C23H36O3S/c1-14(2)18-13-19(15(3)4)22(27(25)26)20(16(5)6)21(18)23(17(7)24)11-9-8-10-12-23/h13-16H,8-12H2,1-7H3,(H,25,26)/p-1. The average Bonchev–Trinajstić information content (AvgIpc) is 2.59. The van der Waals surface area contributed by atoms with Crippen LogP contribution in [0.1, 0.15) is 121 Å². The maximum Gasteiger partial charge on any atom is 0.140 e. The minimum absolute atomic E-state index is 0.0438. The lowest BCUT2D eigenvalue weighted by molar-refractivity contribution is -0.123. The summed E-state index contributed by atoms with van der Waals surface area (Å²) in [7, 11) is 0. The van der Waals surface area contributed by atoms with Gasteiger partial charge in [0.15, 0.2) is 0 Å². The lowest BCUT2D eigenvalue weighted by atomic mass is 9.62. The Hall–Kier alpha value is -1.00. The first kappa shape index (κ1) is 22.3. The van der Waals surface area contributed by atoms with Gasteiger partial charge in [0.1, 0.15) is 5.78 Å². The first-order valence-electron chi connectivity index (χ1n) is 10.4. The van der Waals surface area contributed by atoms with Crippen LogP contribution in [-0.4, -0.2) is 14.5 Å². The Kier molecular flexibility index (Phi) is 7.07. The van der Waals surface area contributed by atoms with Crippen molar-refractivity contribution in [1.29, 1.82) is 0 Å². The normalized spacial score (nSPS) is 18.3. The van der Waals surface area contributed by atoms with Gasteiger partial charge in [0, 0.05) is 4.90 Å². The lowest BCUT2D eigenvalue weighted by Gasteiger charge is -2.41. The number of hydrogen-bond donors (Lipinski definition) is 0. The monoisotopic (exact) mass is 391 g/mol. The van der Waals surface area contributed by atoms with Crippen molar-refractivity contribution in [2.75, 3.05) is 0 Å². The van der Waals surface area contributed by atoms with Crippen LogP contribution < -0.4 is 0 Å². The molecule has 0 N–H and O–H groups in total. The van der Waals surface area contributed by atoms with Crippen molar-refractivity contribution in [2.24, 2.45) is 0 Å². The molecule has 0 radical (unpaired) electrons. The zero-order chi connectivity index (χ0) is 20.5. The van der Waals surface area contributed by atoms with E-state index < -0.39 is 16.5 Å². The molecular weight excluding hydrogens is 356 g/mol. The van der Waals surface area contributed by atoms with Crippen molar-refractivity contribution in [2.45, 2.75) is 109 Å². The summed E-state index contributed by atoms with van der Waals surface area (Å²) >= 11 is -2.32. The molecular formula is C23H35O3S-. The molecule has 1 aromatic carbocycles. The van der Waals surface area contributed by atoms with E-state index in [0.29, 0.717) is 4.90 Å². The van der Waals surface area contributed by atoms with Crippen molar-refractivity contribution in [3.63, 3.8) is 0 Å². The van der Waals surface area contributed by atoms with E-state index in [1.807, 2.05) is 13.8 Å². The van der Waals surface area contributed by atoms with Crippen molar-refractivity contribution < 1.29 is 13.6 Å². The van der Waals surface area contributed by atoms with Crippen molar-refractivity contribution in [3.05, 3.63) is 28.3 Å². The Morgan fingerprint density at radius 1 is 0.963 bits per heavy atom.